The molecular weight excluding hydrogens is 342 g/mol. The standard InChI is InChI=1S/C21H25N3O3/c1-3-18-21(26)24-17-10-9-15(12-19(17)27-18)13(2)23-20(25)16(22)11-14-7-5-4-6-8-14/h4-10,12-13,16,18H,3,11,22H2,1-2H3,(H,23,25)(H,24,26)/t13?,16-,18?/m0/s1. The Morgan fingerprint density at radius 1 is 1.26 bits per heavy atom. The maximum Gasteiger partial charge on any atom is 0.265 e. The number of fused-ring (bicyclic) bond motifs is 1. The lowest BCUT2D eigenvalue weighted by atomic mass is 10.0. The summed E-state index contributed by atoms with van der Waals surface area (Å²) < 4.78 is 5.77. The monoisotopic (exact) mass is 367 g/mol. The Kier molecular flexibility index (Phi) is 5.76. The summed E-state index contributed by atoms with van der Waals surface area (Å²) in [4.78, 5) is 24.3. The van der Waals surface area contributed by atoms with E-state index in [-0.39, 0.29) is 17.9 Å². The van der Waals surface area contributed by atoms with Crippen molar-refractivity contribution < 1.29 is 14.3 Å². The molecule has 0 radical (unpaired) electrons. The highest BCUT2D eigenvalue weighted by Crippen LogP contribution is 2.33. The number of nitrogens with two attached hydrogens (primary N) is 1. The van der Waals surface area contributed by atoms with E-state index in [1.807, 2.05) is 56.3 Å². The first-order chi connectivity index (χ1) is 13.0. The van der Waals surface area contributed by atoms with Crippen molar-refractivity contribution >= 4 is 17.5 Å². The number of amides is 2. The van der Waals surface area contributed by atoms with Crippen LogP contribution >= 0.6 is 0 Å². The first-order valence-corrected chi connectivity index (χ1v) is 9.19. The fourth-order valence-corrected chi connectivity index (χ4v) is 3.06. The van der Waals surface area contributed by atoms with E-state index in [1.165, 1.54) is 0 Å². The number of carbonyl (C=O) groups excluding carboxylic acids is 2. The first kappa shape index (κ1) is 18.9. The molecule has 3 atom stereocenters. The molecule has 0 saturated carbocycles. The Hall–Kier alpha value is -2.86. The lowest BCUT2D eigenvalue weighted by molar-refractivity contribution is -0.124. The van der Waals surface area contributed by atoms with Crippen molar-refractivity contribution in [1.29, 1.82) is 0 Å². The largest absolute Gasteiger partial charge is 0.478 e. The predicted molar refractivity (Wildman–Crippen MR) is 104 cm³/mol. The molecule has 0 spiro atoms. The summed E-state index contributed by atoms with van der Waals surface area (Å²) >= 11 is 0. The van der Waals surface area contributed by atoms with Crippen molar-refractivity contribution in [2.24, 2.45) is 5.73 Å². The molecule has 6 nitrogen and oxygen atoms in total. The zero-order chi connectivity index (χ0) is 19.4. The third-order valence-electron chi connectivity index (χ3n) is 4.69. The van der Waals surface area contributed by atoms with Crippen molar-refractivity contribution in [3.63, 3.8) is 0 Å². The van der Waals surface area contributed by atoms with E-state index in [4.69, 9.17) is 10.5 Å². The highest BCUT2D eigenvalue weighted by Gasteiger charge is 2.26. The zero-order valence-electron chi connectivity index (χ0n) is 15.6. The van der Waals surface area contributed by atoms with Gasteiger partial charge in [0, 0.05) is 0 Å². The predicted octanol–water partition coefficient (Wildman–Crippen LogP) is 2.54. The van der Waals surface area contributed by atoms with Crippen LogP contribution in [0.1, 0.15) is 37.4 Å². The second kappa shape index (κ2) is 8.22. The third-order valence-corrected chi connectivity index (χ3v) is 4.69. The van der Waals surface area contributed by atoms with Gasteiger partial charge in [0.1, 0.15) is 5.75 Å². The molecular formula is C21H25N3O3. The molecule has 6 heteroatoms. The quantitative estimate of drug-likeness (QED) is 0.731. The minimum Gasteiger partial charge on any atom is -0.478 e. The van der Waals surface area contributed by atoms with Crippen molar-refractivity contribution in [2.45, 2.75) is 44.9 Å². The van der Waals surface area contributed by atoms with Crippen molar-refractivity contribution in [3.05, 3.63) is 59.7 Å². The Balaban J connectivity index is 1.65. The number of ether oxygens (including phenoxy) is 1. The van der Waals surface area contributed by atoms with Gasteiger partial charge >= 0.3 is 0 Å². The first-order valence-electron chi connectivity index (χ1n) is 9.19. The van der Waals surface area contributed by atoms with Gasteiger partial charge in [-0.25, -0.2) is 0 Å². The van der Waals surface area contributed by atoms with Crippen LogP contribution in [0.5, 0.6) is 5.75 Å². The van der Waals surface area contributed by atoms with Crippen LogP contribution in [0.15, 0.2) is 48.5 Å². The number of hydrogen-bond acceptors (Lipinski definition) is 4. The van der Waals surface area contributed by atoms with Crippen molar-refractivity contribution in [3.8, 4) is 5.75 Å². The van der Waals surface area contributed by atoms with Crippen LogP contribution < -0.4 is 21.1 Å². The van der Waals surface area contributed by atoms with Gasteiger partial charge in [0.2, 0.25) is 5.91 Å². The van der Waals surface area contributed by atoms with E-state index in [0.717, 1.165) is 11.1 Å². The number of carbonyl (C=O) groups is 2. The molecule has 2 amide bonds. The summed E-state index contributed by atoms with van der Waals surface area (Å²) in [6, 6.07) is 14.4. The van der Waals surface area contributed by atoms with Crippen LogP contribution in [0, 0.1) is 0 Å². The average molecular weight is 367 g/mol. The number of rotatable bonds is 6. The van der Waals surface area contributed by atoms with E-state index < -0.39 is 12.1 Å². The fraction of sp³-hybridized carbons (Fsp3) is 0.333. The van der Waals surface area contributed by atoms with E-state index in [2.05, 4.69) is 10.6 Å². The van der Waals surface area contributed by atoms with Crippen molar-refractivity contribution in [2.75, 3.05) is 5.32 Å². The van der Waals surface area contributed by atoms with Gasteiger partial charge in [-0.05, 0) is 43.0 Å². The van der Waals surface area contributed by atoms with Crippen LogP contribution in [0.3, 0.4) is 0 Å². The molecule has 0 aromatic heterocycles. The van der Waals surface area contributed by atoms with Gasteiger partial charge in [0.05, 0.1) is 17.8 Å². The minimum atomic E-state index is -0.618. The molecule has 2 aromatic rings. The van der Waals surface area contributed by atoms with E-state index in [0.29, 0.717) is 24.3 Å². The molecule has 1 aliphatic rings. The van der Waals surface area contributed by atoms with Gasteiger partial charge in [0.25, 0.3) is 5.91 Å². The van der Waals surface area contributed by atoms with Gasteiger partial charge in [-0.2, -0.15) is 0 Å². The third kappa shape index (κ3) is 4.46. The molecule has 4 N–H and O–H groups in total. The summed E-state index contributed by atoms with van der Waals surface area (Å²) in [6.45, 7) is 3.80. The Labute approximate surface area is 159 Å². The lowest BCUT2D eigenvalue weighted by Crippen LogP contribution is -2.43. The minimum absolute atomic E-state index is 0.133. The number of hydrogen-bond donors (Lipinski definition) is 3. The van der Waals surface area contributed by atoms with Crippen LogP contribution in [0.25, 0.3) is 0 Å². The Bertz CT molecular complexity index is 823. The summed E-state index contributed by atoms with van der Waals surface area (Å²) in [7, 11) is 0. The van der Waals surface area contributed by atoms with Gasteiger partial charge in [0.15, 0.2) is 6.10 Å². The summed E-state index contributed by atoms with van der Waals surface area (Å²) in [5.41, 5.74) is 8.61. The van der Waals surface area contributed by atoms with Gasteiger partial charge in [-0.1, -0.05) is 43.3 Å². The summed E-state index contributed by atoms with van der Waals surface area (Å²) in [6.07, 6.45) is 0.587. The van der Waals surface area contributed by atoms with Gasteiger partial charge < -0.3 is 21.1 Å². The highest BCUT2D eigenvalue weighted by atomic mass is 16.5. The van der Waals surface area contributed by atoms with Crippen LogP contribution in [0.2, 0.25) is 0 Å². The van der Waals surface area contributed by atoms with E-state index in [9.17, 15) is 9.59 Å². The fourth-order valence-electron chi connectivity index (χ4n) is 3.06. The number of anilines is 1. The Morgan fingerprint density at radius 3 is 2.70 bits per heavy atom. The maximum atomic E-state index is 12.4. The smallest absolute Gasteiger partial charge is 0.265 e. The zero-order valence-corrected chi connectivity index (χ0v) is 15.6. The molecule has 3 rings (SSSR count). The van der Waals surface area contributed by atoms with Gasteiger partial charge in [-0.3, -0.25) is 9.59 Å². The molecule has 2 unspecified atom stereocenters. The van der Waals surface area contributed by atoms with Crippen LogP contribution in [-0.2, 0) is 16.0 Å². The summed E-state index contributed by atoms with van der Waals surface area (Å²) in [5.74, 6) is 0.282. The van der Waals surface area contributed by atoms with Gasteiger partial charge in [-0.15, -0.1) is 0 Å². The van der Waals surface area contributed by atoms with Crippen LogP contribution in [0.4, 0.5) is 5.69 Å². The molecule has 27 heavy (non-hydrogen) atoms. The Morgan fingerprint density at radius 2 is 2.00 bits per heavy atom. The maximum absolute atomic E-state index is 12.4. The number of nitrogens with one attached hydrogen (secondary N) is 2. The van der Waals surface area contributed by atoms with E-state index >= 15 is 0 Å². The molecule has 2 aromatic carbocycles. The molecule has 0 bridgehead atoms. The second-order valence-electron chi connectivity index (χ2n) is 6.79. The SMILES string of the molecule is CCC1Oc2cc(C(C)NC(=O)[C@@H](N)Cc3ccccc3)ccc2NC1=O. The lowest BCUT2D eigenvalue weighted by Gasteiger charge is -2.26. The molecule has 0 fully saturated rings. The normalized spacial score (nSPS) is 17.9. The molecule has 142 valence electrons. The second-order valence-corrected chi connectivity index (χ2v) is 6.79. The van der Waals surface area contributed by atoms with Crippen molar-refractivity contribution in [1.82, 2.24) is 5.32 Å². The molecule has 0 aliphatic carbocycles. The molecule has 1 aliphatic heterocycles. The topological polar surface area (TPSA) is 93.4 Å². The average Bonchev–Trinajstić information content (AvgIpc) is 2.67. The van der Waals surface area contributed by atoms with Crippen LogP contribution in [-0.4, -0.2) is 24.0 Å². The van der Waals surface area contributed by atoms with E-state index in [1.54, 1.807) is 6.07 Å². The molecule has 1 heterocycles. The summed E-state index contributed by atoms with van der Waals surface area (Å²) in [5, 5.41) is 5.79. The highest BCUT2D eigenvalue weighted by molar-refractivity contribution is 5.97. The number of benzene rings is 2. The molecule has 0 saturated heterocycles.